The Balaban J connectivity index is 1.96. The zero-order valence-electron chi connectivity index (χ0n) is 10.6. The van der Waals surface area contributed by atoms with Crippen molar-refractivity contribution in [3.05, 3.63) is 35.9 Å². The van der Waals surface area contributed by atoms with Crippen LogP contribution >= 0.6 is 0 Å². The zero-order valence-corrected chi connectivity index (χ0v) is 10.6. The van der Waals surface area contributed by atoms with Crippen LogP contribution in [0.3, 0.4) is 0 Å². The number of benzene rings is 1. The highest BCUT2D eigenvalue weighted by molar-refractivity contribution is 5.93. The summed E-state index contributed by atoms with van der Waals surface area (Å²) in [6, 6.07) is 7.37. The highest BCUT2D eigenvalue weighted by Crippen LogP contribution is 2.20. The molecular formula is C14H15NO4. The summed E-state index contributed by atoms with van der Waals surface area (Å²) in [4.78, 5) is 23.9. The number of likely N-dealkylation sites (tertiary alicyclic amines) is 1. The Hall–Kier alpha value is -2.30. The van der Waals surface area contributed by atoms with Crippen molar-refractivity contribution in [2.24, 2.45) is 5.92 Å². The zero-order chi connectivity index (χ0) is 13.8. The third-order valence-corrected chi connectivity index (χ3v) is 3.09. The average Bonchev–Trinajstić information content (AvgIpc) is 2.34. The number of carbonyl (C=O) groups excluding carboxylic acids is 1. The van der Waals surface area contributed by atoms with Crippen molar-refractivity contribution >= 4 is 18.0 Å². The van der Waals surface area contributed by atoms with Crippen LogP contribution in [0.25, 0.3) is 6.08 Å². The molecule has 0 radical (unpaired) electrons. The van der Waals surface area contributed by atoms with Crippen molar-refractivity contribution in [3.8, 4) is 5.75 Å². The lowest BCUT2D eigenvalue weighted by atomic mass is 10.0. The number of amides is 1. The molecule has 1 aromatic rings. The molecule has 2 rings (SSSR count). The Morgan fingerprint density at radius 3 is 2.68 bits per heavy atom. The van der Waals surface area contributed by atoms with Crippen molar-refractivity contribution in [1.82, 2.24) is 4.90 Å². The van der Waals surface area contributed by atoms with Crippen LogP contribution in [-0.4, -0.2) is 42.1 Å². The number of carboxylic acid groups (broad SMARTS) is 1. The highest BCUT2D eigenvalue weighted by atomic mass is 16.5. The van der Waals surface area contributed by atoms with E-state index in [0.29, 0.717) is 5.75 Å². The Morgan fingerprint density at radius 2 is 2.05 bits per heavy atom. The molecule has 0 atom stereocenters. The van der Waals surface area contributed by atoms with Crippen LogP contribution in [-0.2, 0) is 9.59 Å². The van der Waals surface area contributed by atoms with E-state index in [-0.39, 0.29) is 19.0 Å². The molecule has 0 aliphatic carbocycles. The summed E-state index contributed by atoms with van der Waals surface area (Å²) >= 11 is 0. The molecule has 1 fully saturated rings. The minimum atomic E-state index is -0.849. The van der Waals surface area contributed by atoms with Gasteiger partial charge in [-0.1, -0.05) is 18.2 Å². The van der Waals surface area contributed by atoms with Crippen LogP contribution in [0.15, 0.2) is 30.3 Å². The van der Waals surface area contributed by atoms with E-state index < -0.39 is 11.9 Å². The average molecular weight is 261 g/mol. The molecule has 5 nitrogen and oxygen atoms in total. The minimum Gasteiger partial charge on any atom is -0.496 e. The molecule has 19 heavy (non-hydrogen) atoms. The van der Waals surface area contributed by atoms with E-state index in [1.807, 2.05) is 24.3 Å². The molecule has 1 saturated heterocycles. The van der Waals surface area contributed by atoms with Crippen molar-refractivity contribution < 1.29 is 19.4 Å². The summed E-state index contributed by atoms with van der Waals surface area (Å²) in [6.45, 7) is 0.564. The number of rotatable bonds is 4. The first-order chi connectivity index (χ1) is 9.11. The van der Waals surface area contributed by atoms with Gasteiger partial charge in [-0.05, 0) is 12.1 Å². The molecular weight excluding hydrogens is 246 g/mol. The standard InChI is InChI=1S/C14H15NO4/c1-19-12-5-3-2-4-10(12)6-7-13(16)15-8-11(9-15)14(17)18/h2-7,11H,8-9H2,1H3,(H,17,18). The van der Waals surface area contributed by atoms with E-state index in [2.05, 4.69) is 0 Å². The maximum Gasteiger partial charge on any atom is 0.310 e. The van der Waals surface area contributed by atoms with Gasteiger partial charge < -0.3 is 14.7 Å². The van der Waals surface area contributed by atoms with Crippen LogP contribution in [0.5, 0.6) is 5.75 Å². The van der Waals surface area contributed by atoms with Crippen LogP contribution in [0.2, 0.25) is 0 Å². The normalized spacial score (nSPS) is 15.3. The Bertz CT molecular complexity index is 518. The van der Waals surface area contributed by atoms with Crippen molar-refractivity contribution in [2.45, 2.75) is 0 Å². The Kier molecular flexibility index (Phi) is 3.85. The molecule has 5 heteroatoms. The molecule has 1 aliphatic rings. The molecule has 1 N–H and O–H groups in total. The fourth-order valence-corrected chi connectivity index (χ4v) is 1.89. The quantitative estimate of drug-likeness (QED) is 0.828. The van der Waals surface area contributed by atoms with Crippen LogP contribution in [0.1, 0.15) is 5.56 Å². The molecule has 100 valence electrons. The van der Waals surface area contributed by atoms with Gasteiger partial charge in [-0.15, -0.1) is 0 Å². The van der Waals surface area contributed by atoms with E-state index in [9.17, 15) is 9.59 Å². The smallest absolute Gasteiger partial charge is 0.310 e. The topological polar surface area (TPSA) is 66.8 Å². The van der Waals surface area contributed by atoms with Crippen molar-refractivity contribution in [1.29, 1.82) is 0 Å². The summed E-state index contributed by atoms with van der Waals surface area (Å²) in [5, 5.41) is 8.74. The monoisotopic (exact) mass is 261 g/mol. The van der Waals surface area contributed by atoms with Gasteiger partial charge in [0, 0.05) is 24.7 Å². The van der Waals surface area contributed by atoms with E-state index in [1.165, 1.54) is 11.0 Å². The summed E-state index contributed by atoms with van der Waals surface area (Å²) in [5.41, 5.74) is 0.814. The number of nitrogens with zero attached hydrogens (tertiary/aromatic N) is 1. The Morgan fingerprint density at radius 1 is 1.37 bits per heavy atom. The van der Waals surface area contributed by atoms with Gasteiger partial charge in [0.1, 0.15) is 5.75 Å². The lowest BCUT2D eigenvalue weighted by Gasteiger charge is -2.35. The number of hydrogen-bond acceptors (Lipinski definition) is 3. The summed E-state index contributed by atoms with van der Waals surface area (Å²) in [6.07, 6.45) is 3.12. The predicted octanol–water partition coefficient (Wildman–Crippen LogP) is 1.25. The first kappa shape index (κ1) is 13.1. The summed E-state index contributed by atoms with van der Waals surface area (Å²) in [7, 11) is 1.57. The molecule has 1 aliphatic heterocycles. The number of para-hydroxylation sites is 1. The maximum atomic E-state index is 11.8. The molecule has 1 heterocycles. The Labute approximate surface area is 111 Å². The molecule has 0 bridgehead atoms. The first-order valence-corrected chi connectivity index (χ1v) is 5.94. The molecule has 1 aromatic carbocycles. The van der Waals surface area contributed by atoms with Gasteiger partial charge in [-0.3, -0.25) is 9.59 Å². The first-order valence-electron chi connectivity index (χ1n) is 5.94. The van der Waals surface area contributed by atoms with Crippen LogP contribution in [0.4, 0.5) is 0 Å². The summed E-state index contributed by atoms with van der Waals surface area (Å²) < 4.78 is 5.17. The second-order valence-electron chi connectivity index (χ2n) is 4.35. The second-order valence-corrected chi connectivity index (χ2v) is 4.35. The number of aliphatic carboxylic acids is 1. The summed E-state index contributed by atoms with van der Waals surface area (Å²) in [5.74, 6) is -0.761. The third kappa shape index (κ3) is 2.93. The van der Waals surface area contributed by atoms with E-state index in [1.54, 1.807) is 13.2 Å². The van der Waals surface area contributed by atoms with Crippen LogP contribution in [0, 0.1) is 5.92 Å². The van der Waals surface area contributed by atoms with Gasteiger partial charge in [-0.25, -0.2) is 0 Å². The van der Waals surface area contributed by atoms with Gasteiger partial charge >= 0.3 is 5.97 Å². The van der Waals surface area contributed by atoms with E-state index in [4.69, 9.17) is 9.84 Å². The lowest BCUT2D eigenvalue weighted by molar-refractivity contribution is -0.151. The van der Waals surface area contributed by atoms with Crippen molar-refractivity contribution in [2.75, 3.05) is 20.2 Å². The van der Waals surface area contributed by atoms with Gasteiger partial charge in [0.15, 0.2) is 0 Å². The number of methoxy groups -OCH3 is 1. The predicted molar refractivity (Wildman–Crippen MR) is 69.7 cm³/mol. The van der Waals surface area contributed by atoms with E-state index in [0.717, 1.165) is 5.56 Å². The van der Waals surface area contributed by atoms with Crippen molar-refractivity contribution in [3.63, 3.8) is 0 Å². The van der Waals surface area contributed by atoms with E-state index >= 15 is 0 Å². The highest BCUT2D eigenvalue weighted by Gasteiger charge is 2.34. The SMILES string of the molecule is COc1ccccc1C=CC(=O)N1CC(C(=O)O)C1. The minimum absolute atomic E-state index is 0.177. The number of hydrogen-bond donors (Lipinski definition) is 1. The second kappa shape index (κ2) is 5.56. The fourth-order valence-electron chi connectivity index (χ4n) is 1.89. The fraction of sp³-hybridized carbons (Fsp3) is 0.286. The molecule has 0 unspecified atom stereocenters. The number of carboxylic acids is 1. The largest absolute Gasteiger partial charge is 0.496 e. The number of ether oxygens (including phenoxy) is 1. The van der Waals surface area contributed by atoms with Crippen LogP contribution < -0.4 is 4.74 Å². The van der Waals surface area contributed by atoms with Gasteiger partial charge in [-0.2, -0.15) is 0 Å². The molecule has 0 saturated carbocycles. The molecule has 0 spiro atoms. The maximum absolute atomic E-state index is 11.8. The van der Waals surface area contributed by atoms with Gasteiger partial charge in [0.25, 0.3) is 0 Å². The third-order valence-electron chi connectivity index (χ3n) is 3.09. The molecule has 0 aromatic heterocycles. The molecule has 1 amide bonds. The van der Waals surface area contributed by atoms with Gasteiger partial charge in [0.05, 0.1) is 13.0 Å². The number of carbonyl (C=O) groups is 2. The lowest BCUT2D eigenvalue weighted by Crippen LogP contribution is -2.52. The van der Waals surface area contributed by atoms with Gasteiger partial charge in [0.2, 0.25) is 5.91 Å².